The first-order valence-corrected chi connectivity index (χ1v) is 13.6. The van der Waals surface area contributed by atoms with Crippen molar-refractivity contribution in [3.05, 3.63) is 83.4 Å². The largest absolute Gasteiger partial charge is 0.308 e. The number of rotatable bonds is 1. The number of hydrogen-bond donors (Lipinski definition) is 0. The molecule has 0 radical (unpaired) electrons. The van der Waals surface area contributed by atoms with E-state index in [1.807, 2.05) is 0 Å². The van der Waals surface area contributed by atoms with E-state index >= 15 is 0 Å². The summed E-state index contributed by atoms with van der Waals surface area (Å²) in [6.07, 6.45) is 0. The fourth-order valence-corrected chi connectivity index (χ4v) is 7.39. The number of aromatic nitrogens is 3. The van der Waals surface area contributed by atoms with Crippen LogP contribution in [-0.2, 0) is 5.54 Å². The van der Waals surface area contributed by atoms with Crippen LogP contribution in [0.2, 0.25) is 0 Å². The summed E-state index contributed by atoms with van der Waals surface area (Å²) in [4.78, 5) is 7.89. The van der Waals surface area contributed by atoms with E-state index in [0.717, 1.165) is 11.5 Å². The van der Waals surface area contributed by atoms with Crippen LogP contribution in [0, 0.1) is 20.8 Å². The normalized spacial score (nSPS) is 16.7. The van der Waals surface area contributed by atoms with Crippen molar-refractivity contribution in [2.24, 2.45) is 0 Å². The molecule has 0 unspecified atom stereocenters. The van der Waals surface area contributed by atoms with Crippen LogP contribution >= 0.6 is 0 Å². The summed E-state index contributed by atoms with van der Waals surface area (Å²) in [5.74, 6) is 1.03. The SMILES string of the molecule is Cc1cc(C)c(N2c3nc4cc5c(cc4n3C(C)(C)C2(C)C)c2cccc3c4ccccc4n5c32)c(C)c1. The van der Waals surface area contributed by atoms with Gasteiger partial charge in [-0.15, -0.1) is 0 Å². The maximum atomic E-state index is 5.39. The first-order chi connectivity index (χ1) is 18.1. The molecular formula is C34H32N4. The van der Waals surface area contributed by atoms with Gasteiger partial charge in [-0.2, -0.15) is 0 Å². The first-order valence-electron chi connectivity index (χ1n) is 13.6. The van der Waals surface area contributed by atoms with Gasteiger partial charge in [-0.1, -0.05) is 54.1 Å². The second kappa shape index (κ2) is 6.68. The summed E-state index contributed by atoms with van der Waals surface area (Å²) in [5.41, 5.74) is 10.9. The van der Waals surface area contributed by atoms with E-state index in [9.17, 15) is 0 Å². The van der Waals surface area contributed by atoms with Crippen molar-refractivity contribution in [2.75, 3.05) is 4.90 Å². The Morgan fingerprint density at radius 3 is 2.03 bits per heavy atom. The van der Waals surface area contributed by atoms with Gasteiger partial charge in [0.1, 0.15) is 0 Å². The van der Waals surface area contributed by atoms with Crippen molar-refractivity contribution >= 4 is 60.8 Å². The van der Waals surface area contributed by atoms with Gasteiger partial charge in [-0.05, 0) is 77.8 Å². The molecule has 0 spiro atoms. The molecule has 0 fully saturated rings. The first kappa shape index (κ1) is 22.0. The summed E-state index contributed by atoms with van der Waals surface area (Å²) >= 11 is 0. The van der Waals surface area contributed by atoms with E-state index in [1.54, 1.807) is 0 Å². The van der Waals surface area contributed by atoms with Gasteiger partial charge < -0.3 is 13.9 Å². The highest BCUT2D eigenvalue weighted by atomic mass is 15.4. The third-order valence-electron chi connectivity index (χ3n) is 9.65. The van der Waals surface area contributed by atoms with Gasteiger partial charge >= 0.3 is 0 Å². The van der Waals surface area contributed by atoms with Gasteiger partial charge in [0.25, 0.3) is 0 Å². The number of para-hydroxylation sites is 2. The molecule has 0 saturated heterocycles. The van der Waals surface area contributed by atoms with Crippen LogP contribution in [0.4, 0.5) is 11.6 Å². The highest BCUT2D eigenvalue weighted by Crippen LogP contribution is 2.53. The predicted octanol–water partition coefficient (Wildman–Crippen LogP) is 8.78. The number of nitrogens with zero attached hydrogens (tertiary/aromatic N) is 4. The molecule has 0 aliphatic carbocycles. The van der Waals surface area contributed by atoms with Gasteiger partial charge in [0.05, 0.1) is 44.3 Å². The van der Waals surface area contributed by atoms with Crippen molar-refractivity contribution in [2.45, 2.75) is 59.5 Å². The van der Waals surface area contributed by atoms with Crippen molar-refractivity contribution in [3.63, 3.8) is 0 Å². The third kappa shape index (κ3) is 2.36. The minimum atomic E-state index is -0.179. The molecule has 7 aromatic rings. The number of hydrogen-bond acceptors (Lipinski definition) is 2. The lowest BCUT2D eigenvalue weighted by molar-refractivity contribution is 0.253. The highest BCUT2D eigenvalue weighted by Gasteiger charge is 2.53. The lowest BCUT2D eigenvalue weighted by Gasteiger charge is -2.42. The maximum absolute atomic E-state index is 5.39. The molecule has 0 bridgehead atoms. The molecule has 4 aromatic carbocycles. The molecule has 3 aromatic heterocycles. The second-order valence-corrected chi connectivity index (χ2v) is 12.4. The fraction of sp³-hybridized carbons (Fsp3) is 0.265. The van der Waals surface area contributed by atoms with Crippen LogP contribution in [-0.4, -0.2) is 19.5 Å². The molecule has 4 nitrogen and oxygen atoms in total. The summed E-state index contributed by atoms with van der Waals surface area (Å²) in [5, 5.41) is 5.23. The molecule has 0 saturated carbocycles. The molecule has 1 aliphatic rings. The molecule has 38 heavy (non-hydrogen) atoms. The molecule has 0 N–H and O–H groups in total. The Hall–Kier alpha value is -4.05. The highest BCUT2D eigenvalue weighted by molar-refractivity contribution is 6.24. The fourth-order valence-electron chi connectivity index (χ4n) is 7.39. The third-order valence-corrected chi connectivity index (χ3v) is 9.65. The molecule has 8 rings (SSSR count). The van der Waals surface area contributed by atoms with Crippen LogP contribution in [0.15, 0.2) is 66.7 Å². The van der Waals surface area contributed by atoms with E-state index in [2.05, 4.69) is 129 Å². The minimum absolute atomic E-state index is 0.172. The molecule has 1 aliphatic heterocycles. The van der Waals surface area contributed by atoms with Crippen molar-refractivity contribution < 1.29 is 0 Å². The van der Waals surface area contributed by atoms with Gasteiger partial charge in [0.15, 0.2) is 0 Å². The van der Waals surface area contributed by atoms with Gasteiger partial charge in [0, 0.05) is 21.5 Å². The van der Waals surface area contributed by atoms with Gasteiger partial charge in [-0.3, -0.25) is 0 Å². The lowest BCUT2D eigenvalue weighted by Crippen LogP contribution is -2.51. The predicted molar refractivity (Wildman–Crippen MR) is 161 cm³/mol. The van der Waals surface area contributed by atoms with Crippen LogP contribution in [0.5, 0.6) is 0 Å². The Balaban J connectivity index is 1.51. The Kier molecular flexibility index (Phi) is 3.87. The van der Waals surface area contributed by atoms with Gasteiger partial charge in [0.2, 0.25) is 5.95 Å². The van der Waals surface area contributed by atoms with Crippen LogP contribution in [0.25, 0.3) is 49.1 Å². The number of anilines is 2. The van der Waals surface area contributed by atoms with E-state index in [4.69, 9.17) is 4.98 Å². The van der Waals surface area contributed by atoms with E-state index in [-0.39, 0.29) is 11.1 Å². The zero-order valence-electron chi connectivity index (χ0n) is 23.1. The molecule has 0 atom stereocenters. The number of aryl methyl sites for hydroxylation is 3. The Morgan fingerprint density at radius 1 is 0.632 bits per heavy atom. The standard InChI is InChI=1S/C34H32N4/c1-19-15-20(2)30(21(3)16-19)38-32-35-26-18-28-25(17-29(26)37(32)33(4,5)34(38,6)7)24-13-10-12-23-22-11-8-9-14-27(22)36(28)31(23)24/h8-18H,1-7H3. The molecule has 4 heterocycles. The monoisotopic (exact) mass is 496 g/mol. The van der Waals surface area contributed by atoms with Crippen molar-refractivity contribution in [1.29, 1.82) is 0 Å². The number of benzene rings is 4. The van der Waals surface area contributed by atoms with Crippen LogP contribution < -0.4 is 4.90 Å². The molecule has 4 heteroatoms. The number of fused-ring (bicyclic) bond motifs is 9. The number of imidazole rings is 1. The van der Waals surface area contributed by atoms with Crippen molar-refractivity contribution in [1.82, 2.24) is 14.0 Å². The summed E-state index contributed by atoms with van der Waals surface area (Å²) in [7, 11) is 0. The van der Waals surface area contributed by atoms with Crippen LogP contribution in [0.1, 0.15) is 44.4 Å². The average Bonchev–Trinajstić information content (AvgIpc) is 3.53. The molecular weight excluding hydrogens is 464 g/mol. The Bertz CT molecular complexity index is 2100. The van der Waals surface area contributed by atoms with E-state index in [1.165, 1.54) is 66.0 Å². The van der Waals surface area contributed by atoms with E-state index < -0.39 is 0 Å². The summed E-state index contributed by atoms with van der Waals surface area (Å²) < 4.78 is 4.94. The summed E-state index contributed by atoms with van der Waals surface area (Å²) in [6, 6.07) is 24.8. The lowest BCUT2D eigenvalue weighted by atomic mass is 9.81. The van der Waals surface area contributed by atoms with Crippen LogP contribution in [0.3, 0.4) is 0 Å². The molecule has 0 amide bonds. The topological polar surface area (TPSA) is 25.5 Å². The zero-order chi connectivity index (χ0) is 26.3. The smallest absolute Gasteiger partial charge is 0.212 e. The average molecular weight is 497 g/mol. The Labute approximate surface area is 222 Å². The maximum Gasteiger partial charge on any atom is 0.212 e. The van der Waals surface area contributed by atoms with Crippen molar-refractivity contribution in [3.8, 4) is 0 Å². The second-order valence-electron chi connectivity index (χ2n) is 12.4. The van der Waals surface area contributed by atoms with E-state index in [0.29, 0.717) is 0 Å². The molecule has 188 valence electrons. The summed E-state index contributed by atoms with van der Waals surface area (Å²) in [6.45, 7) is 16.1. The zero-order valence-corrected chi connectivity index (χ0v) is 23.1. The minimum Gasteiger partial charge on any atom is -0.308 e. The van der Waals surface area contributed by atoms with Gasteiger partial charge in [-0.25, -0.2) is 4.98 Å². The Morgan fingerprint density at radius 2 is 1.29 bits per heavy atom. The quantitative estimate of drug-likeness (QED) is 0.227.